The SMILES string of the molecule is Cc1c(C(C)C)c(N2CCCCC2)[n+]2c([nH]c3ccccc32)c1C#N. The Labute approximate surface area is 148 Å². The van der Waals surface area contributed by atoms with Gasteiger partial charge in [-0.1, -0.05) is 26.0 Å². The van der Waals surface area contributed by atoms with Gasteiger partial charge in [0, 0.05) is 5.56 Å². The van der Waals surface area contributed by atoms with Gasteiger partial charge in [-0.2, -0.15) is 9.66 Å². The van der Waals surface area contributed by atoms with E-state index in [1.165, 1.54) is 30.6 Å². The van der Waals surface area contributed by atoms with E-state index in [4.69, 9.17) is 0 Å². The van der Waals surface area contributed by atoms with E-state index in [1.54, 1.807) is 0 Å². The molecule has 3 heterocycles. The molecule has 3 aromatic rings. The molecule has 1 aromatic carbocycles. The van der Waals surface area contributed by atoms with Crippen molar-refractivity contribution in [1.82, 2.24) is 4.98 Å². The minimum atomic E-state index is 0.370. The van der Waals surface area contributed by atoms with E-state index in [2.05, 4.69) is 59.3 Å². The Hall–Kier alpha value is -2.54. The Morgan fingerprint density at radius 3 is 2.56 bits per heavy atom. The van der Waals surface area contributed by atoms with Crippen molar-refractivity contribution in [2.24, 2.45) is 0 Å². The van der Waals surface area contributed by atoms with Crippen molar-refractivity contribution in [1.29, 1.82) is 5.26 Å². The number of nitrogens with one attached hydrogen (secondary N) is 1. The summed E-state index contributed by atoms with van der Waals surface area (Å²) in [6.45, 7) is 8.75. The van der Waals surface area contributed by atoms with E-state index in [0.717, 1.165) is 40.9 Å². The third kappa shape index (κ3) is 2.38. The standard InChI is InChI=1S/C21H24N4/c1-14(2)19-15(3)16(13-22)20-23-17-9-5-6-10-18(17)25(20)21(19)24-11-7-4-8-12-24/h5-6,9-10,14H,4,7-8,11-12H2,1-3H3/p+1. The van der Waals surface area contributed by atoms with Crippen molar-refractivity contribution in [3.8, 4) is 6.07 Å². The third-order valence-electron chi connectivity index (χ3n) is 5.43. The number of pyridine rings is 1. The number of anilines is 1. The second-order valence-corrected chi connectivity index (χ2v) is 7.38. The highest BCUT2D eigenvalue weighted by Gasteiger charge is 2.31. The molecule has 1 fully saturated rings. The predicted molar refractivity (Wildman–Crippen MR) is 101 cm³/mol. The number of H-pyrrole nitrogens is 1. The van der Waals surface area contributed by atoms with Crippen LogP contribution in [0.3, 0.4) is 0 Å². The van der Waals surface area contributed by atoms with Crippen molar-refractivity contribution in [3.63, 3.8) is 0 Å². The summed E-state index contributed by atoms with van der Waals surface area (Å²) in [7, 11) is 0. The van der Waals surface area contributed by atoms with E-state index in [-0.39, 0.29) is 0 Å². The first-order chi connectivity index (χ1) is 12.1. The van der Waals surface area contributed by atoms with Crippen LogP contribution in [0.25, 0.3) is 16.7 Å². The van der Waals surface area contributed by atoms with Crippen LogP contribution in [0.5, 0.6) is 0 Å². The van der Waals surface area contributed by atoms with Crippen LogP contribution in [-0.4, -0.2) is 18.1 Å². The molecule has 25 heavy (non-hydrogen) atoms. The Balaban J connectivity index is 2.18. The van der Waals surface area contributed by atoms with Crippen LogP contribution in [0.1, 0.15) is 55.7 Å². The van der Waals surface area contributed by atoms with Gasteiger partial charge in [0.15, 0.2) is 0 Å². The molecule has 4 heteroatoms. The maximum atomic E-state index is 9.85. The lowest BCUT2D eigenvalue weighted by atomic mass is 9.94. The molecule has 0 saturated carbocycles. The lowest BCUT2D eigenvalue weighted by molar-refractivity contribution is -0.468. The van der Waals surface area contributed by atoms with E-state index < -0.39 is 0 Å². The molecule has 4 nitrogen and oxygen atoms in total. The number of nitriles is 1. The maximum absolute atomic E-state index is 9.85. The van der Waals surface area contributed by atoms with Gasteiger partial charge < -0.3 is 0 Å². The predicted octanol–water partition coefficient (Wildman–Crippen LogP) is 4.20. The lowest BCUT2D eigenvalue weighted by Crippen LogP contribution is -2.40. The van der Waals surface area contributed by atoms with Gasteiger partial charge >= 0.3 is 0 Å². The Bertz CT molecular complexity index is 985. The van der Waals surface area contributed by atoms with E-state index in [1.807, 2.05) is 6.07 Å². The Morgan fingerprint density at radius 2 is 1.88 bits per heavy atom. The van der Waals surface area contributed by atoms with Gasteiger partial charge in [-0.05, 0) is 49.8 Å². The highest BCUT2D eigenvalue weighted by Crippen LogP contribution is 2.33. The summed E-state index contributed by atoms with van der Waals surface area (Å²) in [5.74, 6) is 1.65. The first kappa shape index (κ1) is 16.0. The average molecular weight is 333 g/mol. The molecule has 0 atom stereocenters. The van der Waals surface area contributed by atoms with Gasteiger partial charge in [0.05, 0.1) is 13.1 Å². The number of hydrogen-bond acceptors (Lipinski definition) is 2. The fourth-order valence-corrected chi connectivity index (χ4v) is 4.32. The zero-order valence-electron chi connectivity index (χ0n) is 15.3. The first-order valence-electron chi connectivity index (χ1n) is 9.27. The van der Waals surface area contributed by atoms with Gasteiger partial charge in [-0.15, -0.1) is 0 Å². The molecule has 0 amide bonds. The Morgan fingerprint density at radius 1 is 1.16 bits per heavy atom. The number of piperidine rings is 1. The summed E-state index contributed by atoms with van der Waals surface area (Å²) in [5.41, 5.74) is 6.34. The fourth-order valence-electron chi connectivity index (χ4n) is 4.32. The van der Waals surface area contributed by atoms with Gasteiger partial charge in [0.2, 0.25) is 11.5 Å². The second kappa shape index (κ2) is 6.07. The molecule has 1 aliphatic rings. The summed E-state index contributed by atoms with van der Waals surface area (Å²) >= 11 is 0. The topological polar surface area (TPSA) is 46.9 Å². The number of hydrogen-bond donors (Lipinski definition) is 1. The summed E-state index contributed by atoms with van der Waals surface area (Å²) in [6, 6.07) is 10.8. The normalized spacial score (nSPS) is 15.2. The van der Waals surface area contributed by atoms with Crippen LogP contribution in [-0.2, 0) is 0 Å². The quantitative estimate of drug-likeness (QED) is 0.715. The molecule has 0 aliphatic carbocycles. The molecule has 1 N–H and O–H groups in total. The van der Waals surface area contributed by atoms with Crippen LogP contribution < -0.4 is 9.30 Å². The van der Waals surface area contributed by atoms with Crippen molar-refractivity contribution in [2.75, 3.05) is 18.0 Å². The fraction of sp³-hybridized carbons (Fsp3) is 0.429. The number of aromatic amines is 1. The summed E-state index contributed by atoms with van der Waals surface area (Å²) in [5, 5.41) is 9.85. The van der Waals surface area contributed by atoms with Crippen LogP contribution in [0, 0.1) is 18.3 Å². The molecular formula is C21H25N4+. The molecule has 2 aromatic heterocycles. The monoisotopic (exact) mass is 333 g/mol. The van der Waals surface area contributed by atoms with E-state index in [9.17, 15) is 5.26 Å². The van der Waals surface area contributed by atoms with Crippen LogP contribution in [0.15, 0.2) is 24.3 Å². The molecule has 4 rings (SSSR count). The van der Waals surface area contributed by atoms with Gasteiger partial charge in [-0.25, -0.2) is 0 Å². The average Bonchev–Trinajstić information content (AvgIpc) is 3.00. The molecule has 128 valence electrons. The molecule has 0 spiro atoms. The number of aromatic nitrogens is 2. The Kier molecular flexibility index (Phi) is 3.88. The molecule has 0 radical (unpaired) electrons. The van der Waals surface area contributed by atoms with Crippen molar-refractivity contribution < 1.29 is 4.40 Å². The van der Waals surface area contributed by atoms with Gasteiger partial charge in [-0.3, -0.25) is 9.88 Å². The minimum absolute atomic E-state index is 0.370. The highest BCUT2D eigenvalue weighted by atomic mass is 15.2. The molecule has 0 unspecified atom stereocenters. The number of fused-ring (bicyclic) bond motifs is 3. The maximum Gasteiger partial charge on any atom is 0.250 e. The van der Waals surface area contributed by atoms with Crippen LogP contribution >= 0.6 is 0 Å². The molecule has 0 bridgehead atoms. The van der Waals surface area contributed by atoms with Crippen LogP contribution in [0.4, 0.5) is 5.82 Å². The zero-order valence-corrected chi connectivity index (χ0v) is 15.3. The number of para-hydroxylation sites is 2. The minimum Gasteiger partial charge on any atom is -0.292 e. The molecule has 1 saturated heterocycles. The van der Waals surface area contributed by atoms with E-state index in [0.29, 0.717) is 5.92 Å². The van der Waals surface area contributed by atoms with E-state index >= 15 is 0 Å². The second-order valence-electron chi connectivity index (χ2n) is 7.38. The lowest BCUT2D eigenvalue weighted by Gasteiger charge is -2.28. The molecular weight excluding hydrogens is 308 g/mol. The van der Waals surface area contributed by atoms with Crippen molar-refractivity contribution in [3.05, 3.63) is 41.0 Å². The number of rotatable bonds is 2. The van der Waals surface area contributed by atoms with Gasteiger partial charge in [0.25, 0.3) is 0 Å². The number of imidazole rings is 1. The summed E-state index contributed by atoms with van der Waals surface area (Å²) in [4.78, 5) is 6.03. The molecule has 1 aliphatic heterocycles. The van der Waals surface area contributed by atoms with Gasteiger partial charge in [0.1, 0.15) is 22.7 Å². The third-order valence-corrected chi connectivity index (χ3v) is 5.43. The smallest absolute Gasteiger partial charge is 0.250 e. The van der Waals surface area contributed by atoms with Crippen molar-refractivity contribution in [2.45, 2.75) is 46.0 Å². The zero-order chi connectivity index (χ0) is 17.6. The highest BCUT2D eigenvalue weighted by molar-refractivity contribution is 5.78. The summed E-state index contributed by atoms with van der Waals surface area (Å²) < 4.78 is 2.29. The number of nitrogens with zero attached hydrogens (tertiary/aromatic N) is 3. The van der Waals surface area contributed by atoms with Crippen molar-refractivity contribution >= 4 is 22.5 Å². The summed E-state index contributed by atoms with van der Waals surface area (Å²) in [6.07, 6.45) is 3.78. The first-order valence-corrected chi connectivity index (χ1v) is 9.27. The van der Waals surface area contributed by atoms with Crippen LogP contribution in [0.2, 0.25) is 0 Å². The largest absolute Gasteiger partial charge is 0.292 e. The number of benzene rings is 1.